The molecule has 0 bridgehead atoms. The summed E-state index contributed by atoms with van der Waals surface area (Å²) in [6.45, 7) is 3.92. The number of anilines is 2. The lowest BCUT2D eigenvalue weighted by atomic mass is 10.2. The number of hydrogen-bond donors (Lipinski definition) is 0. The monoisotopic (exact) mass is 246 g/mol. The van der Waals surface area contributed by atoms with E-state index in [0.29, 0.717) is 4.88 Å². The van der Waals surface area contributed by atoms with Gasteiger partial charge in [-0.15, -0.1) is 0 Å². The molecular formula is C13H14N2OS. The van der Waals surface area contributed by atoms with Crippen LogP contribution in [0.3, 0.4) is 0 Å². The van der Waals surface area contributed by atoms with E-state index in [4.69, 9.17) is 0 Å². The number of carbonyl (C=O) groups is 1. The van der Waals surface area contributed by atoms with Gasteiger partial charge in [0.1, 0.15) is 0 Å². The van der Waals surface area contributed by atoms with Gasteiger partial charge in [-0.25, -0.2) is 4.98 Å². The van der Waals surface area contributed by atoms with E-state index in [-0.39, 0.29) is 0 Å². The minimum absolute atomic E-state index is 0.695. The van der Waals surface area contributed by atoms with Crippen LogP contribution in [0.1, 0.15) is 20.9 Å². The molecule has 1 heterocycles. The molecule has 0 aliphatic rings. The Morgan fingerprint density at radius 3 is 2.59 bits per heavy atom. The molecule has 0 aliphatic heterocycles. The molecule has 17 heavy (non-hydrogen) atoms. The number of aryl methyl sites for hydroxylation is 2. The molecule has 4 heteroatoms. The van der Waals surface area contributed by atoms with Crippen molar-refractivity contribution in [2.45, 2.75) is 13.8 Å². The maximum absolute atomic E-state index is 10.8. The summed E-state index contributed by atoms with van der Waals surface area (Å²) >= 11 is 1.42. The summed E-state index contributed by atoms with van der Waals surface area (Å²) in [5.74, 6) is 0. The highest BCUT2D eigenvalue weighted by Crippen LogP contribution is 2.31. The SMILES string of the molecule is Cc1ccccc1N(C)c1nc(C)c(C=O)s1. The zero-order chi connectivity index (χ0) is 12.4. The molecule has 0 saturated carbocycles. The molecule has 1 aromatic heterocycles. The van der Waals surface area contributed by atoms with E-state index >= 15 is 0 Å². The molecular weight excluding hydrogens is 232 g/mol. The number of para-hydroxylation sites is 1. The van der Waals surface area contributed by atoms with E-state index in [9.17, 15) is 4.79 Å². The molecule has 0 spiro atoms. The van der Waals surface area contributed by atoms with Gasteiger partial charge >= 0.3 is 0 Å². The molecule has 0 unspecified atom stereocenters. The van der Waals surface area contributed by atoms with Crippen molar-refractivity contribution < 1.29 is 4.79 Å². The predicted molar refractivity (Wildman–Crippen MR) is 71.5 cm³/mol. The van der Waals surface area contributed by atoms with Crippen LogP contribution in [0.15, 0.2) is 24.3 Å². The van der Waals surface area contributed by atoms with Crippen LogP contribution in [0.2, 0.25) is 0 Å². The fourth-order valence-electron chi connectivity index (χ4n) is 1.69. The predicted octanol–water partition coefficient (Wildman–Crippen LogP) is 3.34. The van der Waals surface area contributed by atoms with Crippen LogP contribution in [0.25, 0.3) is 0 Å². The van der Waals surface area contributed by atoms with Gasteiger partial charge in [-0.05, 0) is 25.5 Å². The van der Waals surface area contributed by atoms with Gasteiger partial charge < -0.3 is 4.90 Å². The summed E-state index contributed by atoms with van der Waals surface area (Å²) in [5, 5.41) is 0.846. The van der Waals surface area contributed by atoms with Crippen molar-refractivity contribution in [2.75, 3.05) is 11.9 Å². The number of rotatable bonds is 3. The Kier molecular flexibility index (Phi) is 3.24. The Balaban J connectivity index is 2.40. The second-order valence-corrected chi connectivity index (χ2v) is 4.92. The first-order valence-electron chi connectivity index (χ1n) is 5.35. The van der Waals surface area contributed by atoms with Gasteiger partial charge in [0.2, 0.25) is 0 Å². The quantitative estimate of drug-likeness (QED) is 0.779. The Morgan fingerprint density at radius 1 is 1.29 bits per heavy atom. The first kappa shape index (κ1) is 11.8. The van der Waals surface area contributed by atoms with Crippen LogP contribution >= 0.6 is 11.3 Å². The van der Waals surface area contributed by atoms with Gasteiger partial charge in [-0.1, -0.05) is 29.5 Å². The lowest BCUT2D eigenvalue weighted by Crippen LogP contribution is -2.10. The number of carbonyl (C=O) groups excluding carboxylic acids is 1. The van der Waals surface area contributed by atoms with Crippen molar-refractivity contribution in [3.8, 4) is 0 Å². The first-order chi connectivity index (χ1) is 8.13. The lowest BCUT2D eigenvalue weighted by Gasteiger charge is -2.17. The zero-order valence-electron chi connectivity index (χ0n) is 10.1. The van der Waals surface area contributed by atoms with Crippen molar-refractivity contribution in [3.05, 3.63) is 40.4 Å². The third kappa shape index (κ3) is 2.22. The third-order valence-electron chi connectivity index (χ3n) is 2.69. The highest BCUT2D eigenvalue weighted by molar-refractivity contribution is 7.17. The molecule has 2 rings (SSSR count). The minimum atomic E-state index is 0.695. The van der Waals surface area contributed by atoms with Crippen molar-refractivity contribution in [1.29, 1.82) is 0 Å². The van der Waals surface area contributed by atoms with Crippen LogP contribution in [0.4, 0.5) is 10.8 Å². The molecule has 0 saturated heterocycles. The summed E-state index contributed by atoms with van der Waals surface area (Å²) in [5.41, 5.74) is 3.09. The molecule has 3 nitrogen and oxygen atoms in total. The number of thiazole rings is 1. The third-order valence-corrected chi connectivity index (χ3v) is 3.85. The molecule has 0 aliphatic carbocycles. The topological polar surface area (TPSA) is 33.2 Å². The normalized spacial score (nSPS) is 10.3. The molecule has 88 valence electrons. The number of aldehydes is 1. The van der Waals surface area contributed by atoms with Gasteiger partial charge in [0, 0.05) is 12.7 Å². The minimum Gasteiger partial charge on any atom is -0.321 e. The largest absolute Gasteiger partial charge is 0.321 e. The van der Waals surface area contributed by atoms with E-state index in [1.54, 1.807) is 0 Å². The smallest absolute Gasteiger partial charge is 0.190 e. The average molecular weight is 246 g/mol. The fraction of sp³-hybridized carbons (Fsp3) is 0.231. The van der Waals surface area contributed by atoms with Crippen LogP contribution in [-0.2, 0) is 0 Å². The number of hydrogen-bond acceptors (Lipinski definition) is 4. The average Bonchev–Trinajstić information content (AvgIpc) is 2.70. The van der Waals surface area contributed by atoms with E-state index in [2.05, 4.69) is 18.0 Å². The molecule has 0 fully saturated rings. The summed E-state index contributed by atoms with van der Waals surface area (Å²) in [6, 6.07) is 8.12. The van der Waals surface area contributed by atoms with Gasteiger partial charge in [-0.3, -0.25) is 4.79 Å². The van der Waals surface area contributed by atoms with Crippen molar-refractivity contribution >= 4 is 28.4 Å². The number of nitrogens with zero attached hydrogens (tertiary/aromatic N) is 2. The van der Waals surface area contributed by atoms with E-state index in [1.165, 1.54) is 16.9 Å². The zero-order valence-corrected chi connectivity index (χ0v) is 10.9. The van der Waals surface area contributed by atoms with Crippen LogP contribution in [0, 0.1) is 13.8 Å². The van der Waals surface area contributed by atoms with Gasteiger partial charge in [-0.2, -0.15) is 0 Å². The Bertz CT molecular complexity index is 548. The van der Waals surface area contributed by atoms with E-state index < -0.39 is 0 Å². The second kappa shape index (κ2) is 4.67. The van der Waals surface area contributed by atoms with Gasteiger partial charge in [0.15, 0.2) is 11.4 Å². The molecule has 0 radical (unpaired) electrons. The maximum atomic E-state index is 10.8. The Morgan fingerprint density at radius 2 is 2.00 bits per heavy atom. The number of benzene rings is 1. The van der Waals surface area contributed by atoms with Gasteiger partial charge in [0.05, 0.1) is 10.6 Å². The van der Waals surface area contributed by atoms with Crippen molar-refractivity contribution in [2.24, 2.45) is 0 Å². The Labute approximate surface area is 105 Å². The number of aromatic nitrogens is 1. The van der Waals surface area contributed by atoms with E-state index in [0.717, 1.165) is 22.8 Å². The Hall–Kier alpha value is -1.68. The van der Waals surface area contributed by atoms with Crippen molar-refractivity contribution in [3.63, 3.8) is 0 Å². The second-order valence-electron chi connectivity index (χ2n) is 3.91. The standard InChI is InChI=1S/C13H14N2OS/c1-9-6-4-5-7-11(9)15(3)13-14-10(2)12(8-16)17-13/h4-8H,1-3H3. The van der Waals surface area contributed by atoms with Crippen LogP contribution < -0.4 is 4.90 Å². The fourth-order valence-corrected chi connectivity index (χ4v) is 2.55. The van der Waals surface area contributed by atoms with Gasteiger partial charge in [0.25, 0.3) is 0 Å². The summed E-state index contributed by atoms with van der Waals surface area (Å²) < 4.78 is 0. The molecule has 0 amide bonds. The van der Waals surface area contributed by atoms with E-state index in [1.807, 2.05) is 37.1 Å². The molecule has 1 aromatic carbocycles. The van der Waals surface area contributed by atoms with Crippen LogP contribution in [-0.4, -0.2) is 18.3 Å². The molecule has 0 N–H and O–H groups in total. The molecule has 0 atom stereocenters. The van der Waals surface area contributed by atoms with Crippen molar-refractivity contribution in [1.82, 2.24) is 4.98 Å². The summed E-state index contributed by atoms with van der Waals surface area (Å²) in [4.78, 5) is 17.9. The highest BCUT2D eigenvalue weighted by Gasteiger charge is 2.13. The maximum Gasteiger partial charge on any atom is 0.190 e. The van der Waals surface area contributed by atoms with Crippen LogP contribution in [0.5, 0.6) is 0 Å². The first-order valence-corrected chi connectivity index (χ1v) is 6.17. The summed E-state index contributed by atoms with van der Waals surface area (Å²) in [6.07, 6.45) is 0.863. The highest BCUT2D eigenvalue weighted by atomic mass is 32.1. The molecule has 2 aromatic rings. The summed E-state index contributed by atoms with van der Waals surface area (Å²) in [7, 11) is 1.97. The lowest BCUT2D eigenvalue weighted by molar-refractivity contribution is 0.112.